The number of benzene rings is 1. The molecule has 0 aliphatic heterocycles. The van der Waals surface area contributed by atoms with Crippen molar-refractivity contribution < 1.29 is 9.47 Å². The zero-order valence-electron chi connectivity index (χ0n) is 11.8. The third kappa shape index (κ3) is 3.23. The molecule has 108 valence electrons. The summed E-state index contributed by atoms with van der Waals surface area (Å²) in [6.45, 7) is 2.69. The van der Waals surface area contributed by atoms with E-state index in [1.807, 2.05) is 22.9 Å². The van der Waals surface area contributed by atoms with E-state index in [2.05, 4.69) is 17.2 Å². The quantitative estimate of drug-likeness (QED) is 0.886. The first kappa shape index (κ1) is 14.7. The van der Waals surface area contributed by atoms with Crippen molar-refractivity contribution in [1.29, 1.82) is 0 Å². The highest BCUT2D eigenvalue weighted by molar-refractivity contribution is 6.32. The Hall–Kier alpha value is -1.72. The van der Waals surface area contributed by atoms with Crippen molar-refractivity contribution in [2.45, 2.75) is 13.0 Å². The molecule has 0 spiro atoms. The fraction of sp³-hybridized carbons (Fsp3) is 0.357. The molecule has 1 unspecified atom stereocenters. The average molecular weight is 296 g/mol. The van der Waals surface area contributed by atoms with E-state index >= 15 is 0 Å². The molecule has 0 aliphatic rings. The maximum atomic E-state index is 6.11. The second-order valence-electron chi connectivity index (χ2n) is 4.44. The van der Waals surface area contributed by atoms with Crippen LogP contribution < -0.4 is 10.1 Å². The molecular weight excluding hydrogens is 278 g/mol. The van der Waals surface area contributed by atoms with Gasteiger partial charge >= 0.3 is 0 Å². The highest BCUT2D eigenvalue weighted by Crippen LogP contribution is 2.29. The number of hydrogen-bond donors (Lipinski definition) is 1. The normalized spacial score (nSPS) is 12.2. The summed E-state index contributed by atoms with van der Waals surface area (Å²) in [7, 11) is 3.28. The first-order valence-electron chi connectivity index (χ1n) is 6.28. The molecule has 0 radical (unpaired) electrons. The molecule has 1 aromatic carbocycles. The largest absolute Gasteiger partial charge is 0.495 e. The molecule has 0 bridgehead atoms. The molecule has 1 N–H and O–H groups in total. The zero-order chi connectivity index (χ0) is 14.5. The molecule has 20 heavy (non-hydrogen) atoms. The second kappa shape index (κ2) is 6.63. The number of methoxy groups -OCH3 is 2. The summed E-state index contributed by atoms with van der Waals surface area (Å²) >= 11 is 6.11. The van der Waals surface area contributed by atoms with Gasteiger partial charge in [0.2, 0.25) is 5.95 Å². The Kier molecular flexibility index (Phi) is 4.87. The minimum absolute atomic E-state index is 0.193. The third-order valence-corrected chi connectivity index (χ3v) is 3.25. The lowest BCUT2D eigenvalue weighted by atomic mass is 10.3. The standard InChI is InChI=1S/C14H18ClN3O2/c1-10(9-19-2)18-7-6-16-14(18)17-11-4-5-13(20-3)12(15)8-11/h4-8,10H,9H2,1-3H3,(H,16,17). The minimum atomic E-state index is 0.193. The van der Waals surface area contributed by atoms with Crippen LogP contribution in [0, 0.1) is 0 Å². The van der Waals surface area contributed by atoms with E-state index in [0.29, 0.717) is 17.4 Å². The smallest absolute Gasteiger partial charge is 0.207 e. The lowest BCUT2D eigenvalue weighted by Gasteiger charge is -2.16. The molecule has 0 amide bonds. The summed E-state index contributed by atoms with van der Waals surface area (Å²) in [5.41, 5.74) is 0.855. The van der Waals surface area contributed by atoms with Gasteiger partial charge in [-0.1, -0.05) is 11.6 Å². The SMILES string of the molecule is COCC(C)n1ccnc1Nc1ccc(OC)c(Cl)c1. The lowest BCUT2D eigenvalue weighted by molar-refractivity contribution is 0.163. The van der Waals surface area contributed by atoms with Crippen molar-refractivity contribution in [3.05, 3.63) is 35.6 Å². The molecule has 1 heterocycles. The molecular formula is C14H18ClN3O2. The Bertz CT molecular complexity index is 571. The van der Waals surface area contributed by atoms with Gasteiger partial charge in [0, 0.05) is 25.2 Å². The van der Waals surface area contributed by atoms with Crippen molar-refractivity contribution >= 4 is 23.2 Å². The van der Waals surface area contributed by atoms with Gasteiger partial charge in [0.1, 0.15) is 5.75 Å². The van der Waals surface area contributed by atoms with Crippen LogP contribution in [0.3, 0.4) is 0 Å². The van der Waals surface area contributed by atoms with Gasteiger partial charge in [0.05, 0.1) is 24.8 Å². The molecule has 0 saturated carbocycles. The number of aromatic nitrogens is 2. The van der Waals surface area contributed by atoms with Crippen LogP contribution in [0.25, 0.3) is 0 Å². The summed E-state index contributed by atoms with van der Waals surface area (Å²) in [6.07, 6.45) is 3.66. The highest BCUT2D eigenvalue weighted by atomic mass is 35.5. The number of halogens is 1. The Balaban J connectivity index is 2.18. The van der Waals surface area contributed by atoms with Crippen LogP contribution in [-0.2, 0) is 4.74 Å². The lowest BCUT2D eigenvalue weighted by Crippen LogP contribution is -2.12. The number of nitrogens with one attached hydrogen (secondary N) is 1. The number of anilines is 2. The summed E-state index contributed by atoms with van der Waals surface area (Å²) in [5, 5.41) is 3.80. The summed E-state index contributed by atoms with van der Waals surface area (Å²) in [5.74, 6) is 1.39. The Morgan fingerprint density at radius 3 is 2.85 bits per heavy atom. The Morgan fingerprint density at radius 1 is 1.40 bits per heavy atom. The molecule has 0 fully saturated rings. The summed E-state index contributed by atoms with van der Waals surface area (Å²) in [4.78, 5) is 4.31. The number of imidazole rings is 1. The fourth-order valence-corrected chi connectivity index (χ4v) is 2.22. The number of nitrogens with zero attached hydrogens (tertiary/aromatic N) is 2. The van der Waals surface area contributed by atoms with E-state index in [4.69, 9.17) is 21.1 Å². The Morgan fingerprint density at radius 2 is 2.20 bits per heavy atom. The molecule has 5 nitrogen and oxygen atoms in total. The second-order valence-corrected chi connectivity index (χ2v) is 4.84. The molecule has 2 rings (SSSR count). The van der Waals surface area contributed by atoms with Gasteiger partial charge in [0.25, 0.3) is 0 Å². The molecule has 1 aromatic heterocycles. The van der Waals surface area contributed by atoms with Crippen LogP contribution in [0.1, 0.15) is 13.0 Å². The van der Waals surface area contributed by atoms with E-state index in [0.717, 1.165) is 11.6 Å². The van der Waals surface area contributed by atoms with Gasteiger partial charge in [-0.2, -0.15) is 0 Å². The number of rotatable bonds is 6. The highest BCUT2D eigenvalue weighted by Gasteiger charge is 2.10. The van der Waals surface area contributed by atoms with E-state index < -0.39 is 0 Å². The van der Waals surface area contributed by atoms with Crippen molar-refractivity contribution in [2.75, 3.05) is 26.1 Å². The van der Waals surface area contributed by atoms with Crippen LogP contribution in [-0.4, -0.2) is 30.4 Å². The van der Waals surface area contributed by atoms with Crippen LogP contribution in [0.2, 0.25) is 5.02 Å². The average Bonchev–Trinajstić information content (AvgIpc) is 2.87. The van der Waals surface area contributed by atoms with Crippen molar-refractivity contribution in [3.63, 3.8) is 0 Å². The molecule has 0 saturated heterocycles. The first-order chi connectivity index (χ1) is 9.65. The van der Waals surface area contributed by atoms with Gasteiger partial charge in [-0.15, -0.1) is 0 Å². The maximum Gasteiger partial charge on any atom is 0.207 e. The zero-order valence-corrected chi connectivity index (χ0v) is 12.5. The predicted octanol–water partition coefficient (Wildman–Crippen LogP) is 3.50. The summed E-state index contributed by atoms with van der Waals surface area (Å²) < 4.78 is 12.3. The molecule has 2 aromatic rings. The molecule has 1 atom stereocenters. The number of hydrogen-bond acceptors (Lipinski definition) is 4. The van der Waals surface area contributed by atoms with Gasteiger partial charge < -0.3 is 19.4 Å². The van der Waals surface area contributed by atoms with Crippen LogP contribution >= 0.6 is 11.6 Å². The van der Waals surface area contributed by atoms with E-state index in [-0.39, 0.29) is 6.04 Å². The van der Waals surface area contributed by atoms with E-state index in [9.17, 15) is 0 Å². The van der Waals surface area contributed by atoms with Crippen LogP contribution in [0.15, 0.2) is 30.6 Å². The van der Waals surface area contributed by atoms with Crippen molar-refractivity contribution in [3.8, 4) is 5.75 Å². The molecule has 0 aliphatic carbocycles. The van der Waals surface area contributed by atoms with E-state index in [1.54, 1.807) is 26.5 Å². The van der Waals surface area contributed by atoms with E-state index in [1.165, 1.54) is 0 Å². The van der Waals surface area contributed by atoms with Crippen molar-refractivity contribution in [2.24, 2.45) is 0 Å². The number of ether oxygens (including phenoxy) is 2. The topological polar surface area (TPSA) is 48.3 Å². The van der Waals surface area contributed by atoms with Crippen LogP contribution in [0.4, 0.5) is 11.6 Å². The monoisotopic (exact) mass is 295 g/mol. The van der Waals surface area contributed by atoms with Gasteiger partial charge in [0.15, 0.2) is 0 Å². The maximum absolute atomic E-state index is 6.11. The first-order valence-corrected chi connectivity index (χ1v) is 6.66. The van der Waals surface area contributed by atoms with Gasteiger partial charge in [-0.3, -0.25) is 0 Å². The minimum Gasteiger partial charge on any atom is -0.495 e. The van der Waals surface area contributed by atoms with Gasteiger partial charge in [-0.05, 0) is 25.1 Å². The van der Waals surface area contributed by atoms with Crippen LogP contribution in [0.5, 0.6) is 5.75 Å². The Labute approximate surface area is 123 Å². The van der Waals surface area contributed by atoms with Gasteiger partial charge in [-0.25, -0.2) is 4.98 Å². The summed E-state index contributed by atoms with van der Waals surface area (Å²) in [6, 6.07) is 5.71. The predicted molar refractivity (Wildman–Crippen MR) is 80.1 cm³/mol. The third-order valence-electron chi connectivity index (χ3n) is 2.96. The van der Waals surface area contributed by atoms with Crippen molar-refractivity contribution in [1.82, 2.24) is 9.55 Å². The molecule has 6 heteroatoms. The fourth-order valence-electron chi connectivity index (χ4n) is 1.96.